The molecule has 4 rings (SSSR count). The van der Waals surface area contributed by atoms with Gasteiger partial charge in [-0.1, -0.05) is 12.8 Å². The number of esters is 1. The van der Waals surface area contributed by atoms with Crippen molar-refractivity contribution in [3.05, 3.63) is 23.5 Å². The van der Waals surface area contributed by atoms with E-state index in [0.717, 1.165) is 12.3 Å². The summed E-state index contributed by atoms with van der Waals surface area (Å²) in [5, 5.41) is 3.12. The first-order valence-electron chi connectivity index (χ1n) is 7.69. The van der Waals surface area contributed by atoms with Gasteiger partial charge in [-0.15, -0.1) is 0 Å². The van der Waals surface area contributed by atoms with Crippen LogP contribution < -0.4 is 5.32 Å². The largest absolute Gasteiger partial charge is 0.458 e. The molecule has 112 valence electrons. The molecule has 0 aromatic heterocycles. The van der Waals surface area contributed by atoms with E-state index in [4.69, 9.17) is 9.47 Å². The zero-order valence-corrected chi connectivity index (χ0v) is 12.0. The quantitative estimate of drug-likeness (QED) is 0.477. The molecule has 0 bridgehead atoms. The van der Waals surface area contributed by atoms with E-state index in [1.54, 1.807) is 13.0 Å². The number of cyclic esters (lactones) is 1. The van der Waals surface area contributed by atoms with Gasteiger partial charge in [0.25, 0.3) is 12.2 Å². The number of nitrogens with one attached hydrogen (secondary N) is 1. The lowest BCUT2D eigenvalue weighted by Crippen LogP contribution is -2.32. The summed E-state index contributed by atoms with van der Waals surface area (Å²) in [6.07, 6.45) is 7.31. The molecular formula is C16H19NO4. The summed E-state index contributed by atoms with van der Waals surface area (Å²) in [4.78, 5) is 23.4. The number of rotatable bonds is 2. The Morgan fingerprint density at radius 1 is 1.38 bits per heavy atom. The minimum absolute atomic E-state index is 0.0274. The van der Waals surface area contributed by atoms with E-state index in [2.05, 4.69) is 5.32 Å². The van der Waals surface area contributed by atoms with Crippen molar-refractivity contribution >= 4 is 11.9 Å². The lowest BCUT2D eigenvalue weighted by molar-refractivity contribution is -0.152. The molecule has 0 spiro atoms. The number of carbonyl (C=O) groups is 2. The van der Waals surface area contributed by atoms with Crippen molar-refractivity contribution < 1.29 is 19.1 Å². The van der Waals surface area contributed by atoms with Crippen LogP contribution in [0.4, 0.5) is 0 Å². The van der Waals surface area contributed by atoms with Crippen molar-refractivity contribution in [3.8, 4) is 0 Å². The molecule has 4 aliphatic rings. The molecule has 0 aromatic rings. The Bertz CT molecular complexity index is 565. The predicted octanol–water partition coefficient (Wildman–Crippen LogP) is 1.65. The maximum absolute atomic E-state index is 12.1. The van der Waals surface area contributed by atoms with Gasteiger partial charge in [0, 0.05) is 23.6 Å². The lowest BCUT2D eigenvalue weighted by Gasteiger charge is -2.16. The molecule has 3 fully saturated rings. The van der Waals surface area contributed by atoms with Crippen molar-refractivity contribution in [3.63, 3.8) is 0 Å². The summed E-state index contributed by atoms with van der Waals surface area (Å²) in [6, 6.07) is 0.281. The zero-order chi connectivity index (χ0) is 14.6. The molecule has 1 amide bonds. The van der Waals surface area contributed by atoms with Crippen molar-refractivity contribution in [1.29, 1.82) is 0 Å². The first-order valence-corrected chi connectivity index (χ1v) is 7.69. The van der Waals surface area contributed by atoms with Crippen LogP contribution in [0.15, 0.2) is 23.5 Å². The third kappa shape index (κ3) is 1.98. The summed E-state index contributed by atoms with van der Waals surface area (Å²) in [5.41, 5.74) is 1.26. The van der Waals surface area contributed by atoms with Crippen molar-refractivity contribution in [1.82, 2.24) is 5.32 Å². The van der Waals surface area contributed by atoms with Gasteiger partial charge >= 0.3 is 5.97 Å². The van der Waals surface area contributed by atoms with E-state index in [9.17, 15) is 9.59 Å². The molecule has 1 unspecified atom stereocenters. The van der Waals surface area contributed by atoms with Crippen LogP contribution in [-0.2, 0) is 19.1 Å². The predicted molar refractivity (Wildman–Crippen MR) is 73.7 cm³/mol. The smallest absolute Gasteiger partial charge is 0.336 e. The van der Waals surface area contributed by atoms with Gasteiger partial charge in [-0.25, -0.2) is 4.79 Å². The van der Waals surface area contributed by atoms with Crippen LogP contribution in [0.25, 0.3) is 0 Å². The maximum Gasteiger partial charge on any atom is 0.336 e. The number of ether oxygens (including phenoxy) is 2. The fourth-order valence-corrected chi connectivity index (χ4v) is 4.39. The Hall–Kier alpha value is -1.78. The van der Waals surface area contributed by atoms with E-state index in [0.29, 0.717) is 17.1 Å². The van der Waals surface area contributed by atoms with Gasteiger partial charge in [-0.05, 0) is 31.6 Å². The van der Waals surface area contributed by atoms with Gasteiger partial charge in [-0.2, -0.15) is 0 Å². The van der Waals surface area contributed by atoms with Crippen LogP contribution >= 0.6 is 0 Å². The van der Waals surface area contributed by atoms with E-state index >= 15 is 0 Å². The van der Waals surface area contributed by atoms with Gasteiger partial charge in [0.15, 0.2) is 0 Å². The SMILES string of the molecule is CC1=CC(O/C=C2/C(=O)N[C@@H]3[C@H]4CCC[C@H]4C[C@H]23)OC1=O. The number of amides is 1. The fourth-order valence-electron chi connectivity index (χ4n) is 4.39. The van der Waals surface area contributed by atoms with Gasteiger partial charge < -0.3 is 14.8 Å². The first-order chi connectivity index (χ1) is 10.1. The molecule has 0 radical (unpaired) electrons. The topological polar surface area (TPSA) is 64.6 Å². The van der Waals surface area contributed by atoms with E-state index in [-0.39, 0.29) is 23.8 Å². The molecule has 0 aromatic carbocycles. The third-order valence-corrected chi connectivity index (χ3v) is 5.39. The number of carbonyl (C=O) groups excluding carboxylic acids is 2. The second kappa shape index (κ2) is 4.61. The van der Waals surface area contributed by atoms with Gasteiger partial charge in [0.1, 0.15) is 0 Å². The Morgan fingerprint density at radius 3 is 3.00 bits per heavy atom. The number of hydrogen-bond donors (Lipinski definition) is 1. The third-order valence-electron chi connectivity index (χ3n) is 5.39. The maximum atomic E-state index is 12.1. The Kier molecular flexibility index (Phi) is 2.84. The van der Waals surface area contributed by atoms with Gasteiger partial charge in [-0.3, -0.25) is 4.79 Å². The Balaban J connectivity index is 1.49. The average Bonchev–Trinajstić information content (AvgIpc) is 3.13. The molecule has 21 heavy (non-hydrogen) atoms. The highest BCUT2D eigenvalue weighted by Gasteiger charge is 2.52. The second-order valence-corrected chi connectivity index (χ2v) is 6.53. The van der Waals surface area contributed by atoms with Crippen molar-refractivity contribution in [2.75, 3.05) is 0 Å². The summed E-state index contributed by atoms with van der Waals surface area (Å²) in [7, 11) is 0. The summed E-state index contributed by atoms with van der Waals surface area (Å²) in [5.74, 6) is 1.25. The highest BCUT2D eigenvalue weighted by Crippen LogP contribution is 2.51. The van der Waals surface area contributed by atoms with E-state index in [1.807, 2.05) is 0 Å². The normalized spacial score (nSPS) is 42.6. The molecular weight excluding hydrogens is 270 g/mol. The molecule has 5 atom stereocenters. The molecule has 2 aliphatic heterocycles. The highest BCUT2D eigenvalue weighted by atomic mass is 16.7. The number of hydrogen-bond acceptors (Lipinski definition) is 4. The highest BCUT2D eigenvalue weighted by molar-refractivity contribution is 5.97. The summed E-state index contributed by atoms with van der Waals surface area (Å²) >= 11 is 0. The lowest BCUT2D eigenvalue weighted by atomic mass is 9.95. The van der Waals surface area contributed by atoms with Crippen LogP contribution in [0.3, 0.4) is 0 Å². The molecule has 2 saturated carbocycles. The molecule has 5 heteroatoms. The van der Waals surface area contributed by atoms with Crippen molar-refractivity contribution in [2.45, 2.75) is 44.9 Å². The molecule has 1 saturated heterocycles. The van der Waals surface area contributed by atoms with Crippen LogP contribution in [0.1, 0.15) is 32.6 Å². The first kappa shape index (κ1) is 12.9. The minimum atomic E-state index is -0.697. The minimum Gasteiger partial charge on any atom is -0.458 e. The average molecular weight is 289 g/mol. The summed E-state index contributed by atoms with van der Waals surface area (Å²) in [6.45, 7) is 1.69. The summed E-state index contributed by atoms with van der Waals surface area (Å²) < 4.78 is 10.5. The zero-order valence-electron chi connectivity index (χ0n) is 12.0. The van der Waals surface area contributed by atoms with Crippen LogP contribution in [0, 0.1) is 17.8 Å². The van der Waals surface area contributed by atoms with Crippen LogP contribution in [-0.4, -0.2) is 24.2 Å². The molecule has 1 N–H and O–H groups in total. The monoisotopic (exact) mass is 289 g/mol. The van der Waals surface area contributed by atoms with Crippen molar-refractivity contribution in [2.24, 2.45) is 17.8 Å². The van der Waals surface area contributed by atoms with Gasteiger partial charge in [0.05, 0.1) is 11.8 Å². The van der Waals surface area contributed by atoms with Gasteiger partial charge in [0.2, 0.25) is 0 Å². The fraction of sp³-hybridized carbons (Fsp3) is 0.625. The number of fused-ring (bicyclic) bond motifs is 3. The van der Waals surface area contributed by atoms with Crippen LogP contribution in [0.2, 0.25) is 0 Å². The Labute approximate surface area is 123 Å². The Morgan fingerprint density at radius 2 is 2.24 bits per heavy atom. The van der Waals surface area contributed by atoms with E-state index in [1.165, 1.54) is 25.5 Å². The standard InChI is InChI=1S/C16H19NO4/c1-8-5-13(21-16(8)19)20-7-12-11-6-9-3-2-4-10(9)14(11)17-15(12)18/h5,7,9-11,13-14H,2-4,6H2,1H3,(H,17,18)/b12-7+/t9-,10-,11+,13?,14+/m0/s1. The van der Waals surface area contributed by atoms with E-state index < -0.39 is 6.29 Å². The van der Waals surface area contributed by atoms with Crippen LogP contribution in [0.5, 0.6) is 0 Å². The molecule has 2 aliphatic carbocycles. The molecule has 5 nitrogen and oxygen atoms in total. The molecule has 2 heterocycles. The second-order valence-electron chi connectivity index (χ2n) is 6.53.